The molecule has 3 nitrogen and oxygen atoms in total. The quantitative estimate of drug-likeness (QED) is 0.871. The fourth-order valence-electron chi connectivity index (χ4n) is 1.87. The number of aliphatic hydroxyl groups excluding tert-OH is 1. The molecular weight excluding hydrogens is 291 g/mol. The highest BCUT2D eigenvalue weighted by molar-refractivity contribution is 8.03. The van der Waals surface area contributed by atoms with E-state index in [4.69, 9.17) is 5.11 Å². The van der Waals surface area contributed by atoms with E-state index < -0.39 is 12.0 Å². The Balaban J connectivity index is 2.36. The van der Waals surface area contributed by atoms with Gasteiger partial charge < -0.3 is 10.0 Å². The normalized spacial score (nSPS) is 16.6. The van der Waals surface area contributed by atoms with E-state index in [1.54, 1.807) is 30.0 Å². The molecule has 7 heteroatoms. The Kier molecular flexibility index (Phi) is 4.10. The molecule has 0 atom stereocenters. The fraction of sp³-hybridized carbons (Fsp3) is 0.308. The Hall–Kier alpha value is -1.47. The van der Waals surface area contributed by atoms with Gasteiger partial charge in [-0.25, -0.2) is 0 Å². The van der Waals surface area contributed by atoms with Gasteiger partial charge in [0.2, 0.25) is 0 Å². The van der Waals surface area contributed by atoms with Gasteiger partial charge in [0.05, 0.1) is 17.3 Å². The van der Waals surface area contributed by atoms with E-state index in [-0.39, 0.29) is 11.6 Å². The number of anilines is 1. The van der Waals surface area contributed by atoms with E-state index in [1.165, 1.54) is 0 Å². The van der Waals surface area contributed by atoms with Crippen molar-refractivity contribution < 1.29 is 23.1 Å². The summed E-state index contributed by atoms with van der Waals surface area (Å²) in [5.41, 5.74) is 1.39. The maximum atomic E-state index is 12.3. The molecule has 2 rings (SSSR count). The first-order valence-corrected chi connectivity index (χ1v) is 6.70. The van der Waals surface area contributed by atoms with Crippen LogP contribution in [0.15, 0.2) is 34.2 Å². The molecule has 0 aromatic heterocycles. The lowest BCUT2D eigenvalue weighted by atomic mass is 10.2. The Morgan fingerprint density at radius 2 is 2.15 bits per heavy atom. The van der Waals surface area contributed by atoms with Crippen LogP contribution in [-0.2, 0) is 11.4 Å². The summed E-state index contributed by atoms with van der Waals surface area (Å²) in [6, 6.07) is 5.14. The molecule has 108 valence electrons. The summed E-state index contributed by atoms with van der Waals surface area (Å²) >= 11 is 1.12. The van der Waals surface area contributed by atoms with Crippen molar-refractivity contribution in [2.45, 2.75) is 24.6 Å². The van der Waals surface area contributed by atoms with E-state index in [2.05, 4.69) is 0 Å². The molecule has 0 unspecified atom stereocenters. The van der Waals surface area contributed by atoms with Crippen LogP contribution in [-0.4, -0.2) is 23.6 Å². The number of hydrogen-bond donors (Lipinski definition) is 1. The van der Waals surface area contributed by atoms with Crippen molar-refractivity contribution in [1.29, 1.82) is 0 Å². The first-order valence-electron chi connectivity index (χ1n) is 5.89. The van der Waals surface area contributed by atoms with Crippen molar-refractivity contribution in [1.82, 2.24) is 0 Å². The average molecular weight is 303 g/mol. The number of halogens is 3. The minimum atomic E-state index is -4.86. The molecule has 0 amide bonds. The smallest absolute Gasteiger partial charge is 0.392 e. The van der Waals surface area contributed by atoms with Gasteiger partial charge in [0.25, 0.3) is 5.78 Å². The van der Waals surface area contributed by atoms with E-state index >= 15 is 0 Å². The van der Waals surface area contributed by atoms with Gasteiger partial charge in [-0.3, -0.25) is 4.79 Å². The molecule has 1 aromatic carbocycles. The number of allylic oxidation sites excluding steroid dienone is 1. The van der Waals surface area contributed by atoms with Gasteiger partial charge in [0, 0.05) is 17.5 Å². The first-order chi connectivity index (χ1) is 9.36. The molecular formula is C13H12F3NO2S. The van der Waals surface area contributed by atoms with Crippen LogP contribution >= 0.6 is 11.8 Å². The Morgan fingerprint density at radius 1 is 1.45 bits per heavy atom. The highest BCUT2D eigenvalue weighted by Gasteiger charge is 2.38. The molecule has 1 N–H and O–H groups in total. The van der Waals surface area contributed by atoms with E-state index in [0.717, 1.165) is 16.7 Å². The second kappa shape index (κ2) is 5.49. The van der Waals surface area contributed by atoms with Gasteiger partial charge in [0.15, 0.2) is 0 Å². The van der Waals surface area contributed by atoms with Crippen LogP contribution < -0.4 is 4.90 Å². The van der Waals surface area contributed by atoms with E-state index in [1.807, 2.05) is 0 Å². The summed E-state index contributed by atoms with van der Waals surface area (Å²) in [5.74, 6) is -1.87. The third kappa shape index (κ3) is 2.83. The molecule has 1 heterocycles. The number of carbonyl (C=O) groups excluding carboxylic acids is 1. The number of nitrogens with zero attached hydrogens (tertiary/aromatic N) is 1. The third-order valence-corrected chi connectivity index (χ3v) is 3.94. The zero-order valence-corrected chi connectivity index (χ0v) is 11.4. The molecule has 1 aliphatic heterocycles. The maximum absolute atomic E-state index is 12.3. The van der Waals surface area contributed by atoms with Crippen LogP contribution in [0.25, 0.3) is 0 Å². The molecule has 1 aliphatic rings. The number of alkyl halides is 3. The lowest BCUT2D eigenvalue weighted by molar-refractivity contribution is -0.165. The Bertz CT molecular complexity index is 569. The molecule has 0 spiro atoms. The van der Waals surface area contributed by atoms with Crippen molar-refractivity contribution in [3.05, 3.63) is 34.9 Å². The second-order valence-corrected chi connectivity index (χ2v) is 5.21. The monoisotopic (exact) mass is 303 g/mol. The van der Waals surface area contributed by atoms with Crippen LogP contribution in [0.3, 0.4) is 0 Å². The second-order valence-electron chi connectivity index (χ2n) is 4.15. The number of aliphatic hydroxyl groups is 1. The Morgan fingerprint density at radius 3 is 2.70 bits per heavy atom. The molecule has 0 radical (unpaired) electrons. The zero-order valence-electron chi connectivity index (χ0n) is 10.6. The van der Waals surface area contributed by atoms with Gasteiger partial charge in [0.1, 0.15) is 0 Å². The summed E-state index contributed by atoms with van der Waals surface area (Å²) in [6.07, 6.45) is -4.25. The van der Waals surface area contributed by atoms with Crippen LogP contribution in [0.5, 0.6) is 0 Å². The molecule has 0 bridgehead atoms. The largest absolute Gasteiger partial charge is 0.454 e. The zero-order chi connectivity index (χ0) is 14.9. The minimum Gasteiger partial charge on any atom is -0.392 e. The van der Waals surface area contributed by atoms with Crippen LogP contribution in [0.4, 0.5) is 18.9 Å². The van der Waals surface area contributed by atoms with Crippen molar-refractivity contribution in [2.75, 3.05) is 11.4 Å². The van der Waals surface area contributed by atoms with Crippen LogP contribution in [0.2, 0.25) is 0 Å². The van der Waals surface area contributed by atoms with Crippen molar-refractivity contribution in [3.63, 3.8) is 0 Å². The molecule has 0 fully saturated rings. The summed E-state index contributed by atoms with van der Waals surface area (Å²) in [4.78, 5) is 13.5. The number of thioether (sulfide) groups is 1. The van der Waals surface area contributed by atoms with E-state index in [0.29, 0.717) is 23.9 Å². The summed E-state index contributed by atoms with van der Waals surface area (Å²) < 4.78 is 37.0. The minimum absolute atomic E-state index is 0.143. The lowest BCUT2D eigenvalue weighted by Crippen LogP contribution is -2.23. The first kappa shape index (κ1) is 14.9. The molecule has 20 heavy (non-hydrogen) atoms. The van der Waals surface area contributed by atoms with Crippen LogP contribution in [0, 0.1) is 0 Å². The highest BCUT2D eigenvalue weighted by atomic mass is 32.2. The molecule has 0 saturated heterocycles. The molecule has 1 aromatic rings. The van der Waals surface area contributed by atoms with Gasteiger partial charge in [-0.15, -0.1) is 0 Å². The third-order valence-electron chi connectivity index (χ3n) is 2.83. The van der Waals surface area contributed by atoms with Crippen molar-refractivity contribution in [2.24, 2.45) is 0 Å². The number of carbonyl (C=O) groups is 1. The van der Waals surface area contributed by atoms with Gasteiger partial charge in [-0.1, -0.05) is 17.8 Å². The SMILES string of the molecule is CCN1/C(=C/C(=O)C(F)(F)F)Sc2ccc(CO)cc21. The van der Waals surface area contributed by atoms with Crippen molar-refractivity contribution in [3.8, 4) is 0 Å². The average Bonchev–Trinajstić information content (AvgIpc) is 2.73. The summed E-state index contributed by atoms with van der Waals surface area (Å²) in [5, 5.41) is 9.35. The maximum Gasteiger partial charge on any atom is 0.454 e. The predicted octanol–water partition coefficient (Wildman–Crippen LogP) is 3.08. The van der Waals surface area contributed by atoms with Gasteiger partial charge >= 0.3 is 6.18 Å². The predicted molar refractivity (Wildman–Crippen MR) is 70.4 cm³/mol. The Labute approximate surface area is 118 Å². The number of hydrogen-bond acceptors (Lipinski definition) is 4. The highest BCUT2D eigenvalue weighted by Crippen LogP contribution is 2.46. The summed E-state index contributed by atoms with van der Waals surface area (Å²) in [7, 11) is 0. The van der Waals surface area contributed by atoms with Crippen molar-refractivity contribution >= 4 is 23.2 Å². The lowest BCUT2D eigenvalue weighted by Gasteiger charge is -2.18. The molecule has 0 saturated carbocycles. The number of rotatable bonds is 3. The van der Waals surface area contributed by atoms with E-state index in [9.17, 15) is 18.0 Å². The number of benzene rings is 1. The van der Waals surface area contributed by atoms with Gasteiger partial charge in [-0.05, 0) is 24.6 Å². The molecule has 0 aliphatic carbocycles. The van der Waals surface area contributed by atoms with Crippen LogP contribution in [0.1, 0.15) is 12.5 Å². The topological polar surface area (TPSA) is 40.5 Å². The van der Waals surface area contributed by atoms with Gasteiger partial charge in [-0.2, -0.15) is 13.2 Å². The number of ketones is 1. The number of fused-ring (bicyclic) bond motifs is 1. The fourth-order valence-corrected chi connectivity index (χ4v) is 3.01. The summed E-state index contributed by atoms with van der Waals surface area (Å²) in [6.45, 7) is 2.08. The standard InChI is InChI=1S/C13H12F3NO2S/c1-2-17-9-5-8(7-18)3-4-10(9)20-12(17)6-11(19)13(14,15)16/h3-6,18H,2,7H2,1H3/b12-6-.